The van der Waals surface area contributed by atoms with Gasteiger partial charge in [0.1, 0.15) is 0 Å². The molecule has 18 heavy (non-hydrogen) atoms. The molecule has 0 unspecified atom stereocenters. The van der Waals surface area contributed by atoms with E-state index in [1.54, 1.807) is 0 Å². The molecule has 1 N–H and O–H groups in total. The zero-order valence-electron chi connectivity index (χ0n) is 8.69. The third-order valence-electron chi connectivity index (χ3n) is 1.84. The van der Waals surface area contributed by atoms with Crippen LogP contribution >= 0.6 is 0 Å². The molecule has 0 aliphatic carbocycles. The number of alkyl halides is 3. The predicted molar refractivity (Wildman–Crippen MR) is 49.3 cm³/mol. The van der Waals surface area contributed by atoms with Crippen molar-refractivity contribution < 1.29 is 32.7 Å². The standard InChI is InChI=1S/C8H5F3N2O5/c1-3-4(7(14)15)2-5(13(16)17)12-6(3)18-8(9,10)11/h2H,1H3,(H,14,15). The predicted octanol–water partition coefficient (Wildman–Crippen LogP) is 1.90. The molecule has 0 bridgehead atoms. The molecule has 0 saturated heterocycles. The Morgan fingerprint density at radius 1 is 1.56 bits per heavy atom. The minimum Gasteiger partial charge on any atom is -0.478 e. The van der Waals surface area contributed by atoms with E-state index in [-0.39, 0.29) is 0 Å². The van der Waals surface area contributed by atoms with Crippen molar-refractivity contribution in [1.29, 1.82) is 0 Å². The molecule has 1 aromatic rings. The fourth-order valence-electron chi connectivity index (χ4n) is 1.10. The highest BCUT2D eigenvalue weighted by Crippen LogP contribution is 2.28. The van der Waals surface area contributed by atoms with E-state index in [9.17, 15) is 28.1 Å². The molecule has 0 amide bonds. The zero-order chi connectivity index (χ0) is 14.1. The number of nitrogens with zero attached hydrogens (tertiary/aromatic N) is 2. The van der Waals surface area contributed by atoms with Gasteiger partial charge in [0.25, 0.3) is 0 Å². The number of nitro groups is 1. The number of rotatable bonds is 3. The summed E-state index contributed by atoms with van der Waals surface area (Å²) in [5.41, 5.74) is -1.14. The molecule has 0 fully saturated rings. The Hall–Kier alpha value is -2.39. The van der Waals surface area contributed by atoms with E-state index in [2.05, 4.69) is 9.72 Å². The zero-order valence-corrected chi connectivity index (χ0v) is 8.69. The lowest BCUT2D eigenvalue weighted by Crippen LogP contribution is -2.20. The summed E-state index contributed by atoms with van der Waals surface area (Å²) in [6, 6.07) is 0.556. The highest BCUT2D eigenvalue weighted by atomic mass is 19.4. The molecule has 1 aromatic heterocycles. The molecule has 0 aliphatic rings. The highest BCUT2D eigenvalue weighted by Gasteiger charge is 2.36. The van der Waals surface area contributed by atoms with Crippen LogP contribution in [0.2, 0.25) is 0 Å². The van der Waals surface area contributed by atoms with Crippen LogP contribution in [0.4, 0.5) is 19.0 Å². The molecule has 0 atom stereocenters. The molecule has 98 valence electrons. The van der Waals surface area contributed by atoms with Crippen LogP contribution in [0.5, 0.6) is 5.88 Å². The summed E-state index contributed by atoms with van der Waals surface area (Å²) < 4.78 is 39.5. The fourth-order valence-corrected chi connectivity index (χ4v) is 1.10. The maximum Gasteiger partial charge on any atom is 0.575 e. The van der Waals surface area contributed by atoms with Crippen LogP contribution in [0.25, 0.3) is 0 Å². The van der Waals surface area contributed by atoms with E-state index < -0.39 is 40.1 Å². The Bertz CT molecular complexity index is 514. The van der Waals surface area contributed by atoms with E-state index in [1.807, 2.05) is 0 Å². The van der Waals surface area contributed by atoms with Crippen LogP contribution in [-0.2, 0) is 0 Å². The maximum atomic E-state index is 12.0. The smallest absolute Gasteiger partial charge is 0.478 e. The van der Waals surface area contributed by atoms with Crippen LogP contribution in [0.1, 0.15) is 15.9 Å². The van der Waals surface area contributed by atoms with Crippen molar-refractivity contribution in [1.82, 2.24) is 4.98 Å². The summed E-state index contributed by atoms with van der Waals surface area (Å²) in [5.74, 6) is -3.82. The molecule has 10 heteroatoms. The minimum absolute atomic E-state index is 0.453. The van der Waals surface area contributed by atoms with Gasteiger partial charge in [-0.2, -0.15) is 0 Å². The lowest BCUT2D eigenvalue weighted by Gasteiger charge is -2.08. The van der Waals surface area contributed by atoms with E-state index in [4.69, 9.17) is 5.11 Å². The maximum absolute atomic E-state index is 12.0. The Morgan fingerprint density at radius 2 is 2.11 bits per heavy atom. The first-order valence-electron chi connectivity index (χ1n) is 4.27. The Morgan fingerprint density at radius 3 is 2.50 bits per heavy atom. The van der Waals surface area contributed by atoms with Gasteiger partial charge < -0.3 is 20.0 Å². The number of carboxylic acid groups (broad SMARTS) is 1. The summed E-state index contributed by atoms with van der Waals surface area (Å²) in [5, 5.41) is 19.1. The molecule has 1 heterocycles. The summed E-state index contributed by atoms with van der Waals surface area (Å²) in [4.78, 5) is 23.0. The van der Waals surface area contributed by atoms with Gasteiger partial charge in [-0.05, 0) is 11.8 Å². The summed E-state index contributed by atoms with van der Waals surface area (Å²) in [7, 11) is 0. The van der Waals surface area contributed by atoms with E-state index in [0.29, 0.717) is 6.07 Å². The molecule has 0 aliphatic heterocycles. The molecule has 0 spiro atoms. The van der Waals surface area contributed by atoms with E-state index >= 15 is 0 Å². The average Bonchev–Trinajstić information content (AvgIpc) is 2.18. The number of ether oxygens (including phenoxy) is 1. The highest BCUT2D eigenvalue weighted by molar-refractivity contribution is 5.90. The van der Waals surface area contributed by atoms with Crippen molar-refractivity contribution in [2.45, 2.75) is 13.3 Å². The first kappa shape index (κ1) is 13.7. The summed E-state index contributed by atoms with van der Waals surface area (Å²) in [6.45, 7) is 1.00. The van der Waals surface area contributed by atoms with Crippen molar-refractivity contribution >= 4 is 11.8 Å². The Balaban J connectivity index is 3.40. The average molecular weight is 266 g/mol. The van der Waals surface area contributed by atoms with Gasteiger partial charge in [-0.1, -0.05) is 0 Å². The van der Waals surface area contributed by atoms with Gasteiger partial charge in [0.2, 0.25) is 0 Å². The molecule has 0 aromatic carbocycles. The minimum atomic E-state index is -5.12. The third kappa shape index (κ3) is 3.06. The second-order valence-corrected chi connectivity index (χ2v) is 3.07. The van der Waals surface area contributed by atoms with Gasteiger partial charge in [0, 0.05) is 4.98 Å². The second kappa shape index (κ2) is 4.47. The molecular formula is C8H5F3N2O5. The van der Waals surface area contributed by atoms with Crippen molar-refractivity contribution in [3.8, 4) is 5.88 Å². The first-order valence-corrected chi connectivity index (χ1v) is 4.27. The van der Waals surface area contributed by atoms with Crippen molar-refractivity contribution in [3.63, 3.8) is 0 Å². The number of carboxylic acids is 1. The van der Waals surface area contributed by atoms with Crippen LogP contribution < -0.4 is 4.74 Å². The SMILES string of the molecule is Cc1c(C(=O)O)cc([N+](=O)[O-])nc1OC(F)(F)F. The molecule has 0 saturated carbocycles. The number of aromatic carboxylic acids is 1. The number of pyridine rings is 1. The van der Waals surface area contributed by atoms with Gasteiger partial charge >= 0.3 is 24.0 Å². The Labute approximate surface area is 97.0 Å². The van der Waals surface area contributed by atoms with Crippen molar-refractivity contribution in [3.05, 3.63) is 27.3 Å². The molecule has 7 nitrogen and oxygen atoms in total. The second-order valence-electron chi connectivity index (χ2n) is 3.07. The van der Waals surface area contributed by atoms with Crippen LogP contribution in [-0.4, -0.2) is 27.3 Å². The number of hydrogen-bond donors (Lipinski definition) is 1. The monoisotopic (exact) mass is 266 g/mol. The lowest BCUT2D eigenvalue weighted by atomic mass is 10.1. The van der Waals surface area contributed by atoms with Crippen LogP contribution in [0, 0.1) is 17.0 Å². The number of halogens is 3. The largest absolute Gasteiger partial charge is 0.575 e. The van der Waals surface area contributed by atoms with Gasteiger partial charge in [-0.25, -0.2) is 4.79 Å². The quantitative estimate of drug-likeness (QED) is 0.662. The van der Waals surface area contributed by atoms with Crippen LogP contribution in [0.3, 0.4) is 0 Å². The van der Waals surface area contributed by atoms with Gasteiger partial charge in [0.05, 0.1) is 17.2 Å². The molecule has 0 radical (unpaired) electrons. The fraction of sp³-hybridized carbons (Fsp3) is 0.250. The number of carbonyl (C=O) groups is 1. The van der Waals surface area contributed by atoms with Gasteiger partial charge in [-0.15, -0.1) is 13.2 Å². The third-order valence-corrected chi connectivity index (χ3v) is 1.84. The summed E-state index contributed by atoms with van der Waals surface area (Å²) >= 11 is 0. The molecule has 1 rings (SSSR count). The van der Waals surface area contributed by atoms with Crippen molar-refractivity contribution in [2.24, 2.45) is 0 Å². The normalized spacial score (nSPS) is 11.1. The van der Waals surface area contributed by atoms with Crippen LogP contribution in [0.15, 0.2) is 6.07 Å². The van der Waals surface area contributed by atoms with Gasteiger partial charge in [-0.3, -0.25) is 0 Å². The van der Waals surface area contributed by atoms with Gasteiger partial charge in [0.15, 0.2) is 0 Å². The van der Waals surface area contributed by atoms with E-state index in [1.165, 1.54) is 0 Å². The van der Waals surface area contributed by atoms with E-state index in [0.717, 1.165) is 6.92 Å². The number of aromatic nitrogens is 1. The number of hydrogen-bond acceptors (Lipinski definition) is 5. The van der Waals surface area contributed by atoms with Crippen molar-refractivity contribution in [2.75, 3.05) is 0 Å². The lowest BCUT2D eigenvalue weighted by molar-refractivity contribution is -0.390. The Kier molecular flexibility index (Phi) is 3.39. The first-order chi connectivity index (χ1) is 8.11. The topological polar surface area (TPSA) is 103 Å². The summed E-state index contributed by atoms with van der Waals surface area (Å²) in [6.07, 6.45) is -5.12. The molecular weight excluding hydrogens is 261 g/mol.